The summed E-state index contributed by atoms with van der Waals surface area (Å²) in [7, 11) is 1.89. The summed E-state index contributed by atoms with van der Waals surface area (Å²) in [5.74, 6) is -1.02. The van der Waals surface area contributed by atoms with Crippen LogP contribution in [0.4, 0.5) is 11.4 Å². The molecule has 1 aromatic carbocycles. The molecule has 0 aliphatic rings. The summed E-state index contributed by atoms with van der Waals surface area (Å²) in [6.45, 7) is 0.697. The standard InChI is InChI=1S/C13H16N4O2/c1-17-10(5-7-16-17)4-6-15-9-2-3-12(14)11(8-9)13(18)19/h2-3,5,7-8,15H,4,6,14H2,1H3,(H,18,19). The van der Waals surface area contributed by atoms with Crippen LogP contribution in [0.2, 0.25) is 0 Å². The number of aromatic nitrogens is 2. The van der Waals surface area contributed by atoms with Crippen LogP contribution in [0.3, 0.4) is 0 Å². The largest absolute Gasteiger partial charge is 0.478 e. The van der Waals surface area contributed by atoms with Gasteiger partial charge in [0.25, 0.3) is 0 Å². The second kappa shape index (κ2) is 5.43. The molecule has 0 unspecified atom stereocenters. The molecule has 0 atom stereocenters. The minimum absolute atomic E-state index is 0.116. The minimum atomic E-state index is -1.02. The minimum Gasteiger partial charge on any atom is -0.478 e. The van der Waals surface area contributed by atoms with Crippen molar-refractivity contribution < 1.29 is 9.90 Å². The molecule has 2 aromatic rings. The molecule has 0 amide bonds. The lowest BCUT2D eigenvalue weighted by Gasteiger charge is -2.08. The summed E-state index contributed by atoms with van der Waals surface area (Å²) in [5.41, 5.74) is 7.84. The quantitative estimate of drug-likeness (QED) is 0.706. The van der Waals surface area contributed by atoms with Crippen molar-refractivity contribution in [3.63, 3.8) is 0 Å². The highest BCUT2D eigenvalue weighted by Gasteiger charge is 2.08. The van der Waals surface area contributed by atoms with E-state index in [9.17, 15) is 4.79 Å². The van der Waals surface area contributed by atoms with Crippen molar-refractivity contribution >= 4 is 17.3 Å². The first-order valence-corrected chi connectivity index (χ1v) is 5.91. The predicted molar refractivity (Wildman–Crippen MR) is 73.2 cm³/mol. The van der Waals surface area contributed by atoms with Gasteiger partial charge in [0.1, 0.15) is 0 Å². The Hall–Kier alpha value is -2.50. The van der Waals surface area contributed by atoms with Gasteiger partial charge in [0.05, 0.1) is 5.56 Å². The Morgan fingerprint density at radius 1 is 1.47 bits per heavy atom. The van der Waals surface area contributed by atoms with Gasteiger partial charge in [0.15, 0.2) is 0 Å². The maximum absolute atomic E-state index is 11.0. The van der Waals surface area contributed by atoms with Crippen molar-refractivity contribution in [1.82, 2.24) is 9.78 Å². The first-order valence-electron chi connectivity index (χ1n) is 5.91. The van der Waals surface area contributed by atoms with Crippen LogP contribution in [0.15, 0.2) is 30.5 Å². The van der Waals surface area contributed by atoms with Crippen LogP contribution in [0.25, 0.3) is 0 Å². The van der Waals surface area contributed by atoms with Crippen molar-refractivity contribution in [1.29, 1.82) is 0 Å². The monoisotopic (exact) mass is 260 g/mol. The van der Waals surface area contributed by atoms with Crippen LogP contribution >= 0.6 is 0 Å². The zero-order valence-corrected chi connectivity index (χ0v) is 10.6. The second-order valence-electron chi connectivity index (χ2n) is 4.23. The number of nitrogen functional groups attached to an aromatic ring is 1. The van der Waals surface area contributed by atoms with Crippen LogP contribution in [0, 0.1) is 0 Å². The van der Waals surface area contributed by atoms with Crippen molar-refractivity contribution in [3.8, 4) is 0 Å². The molecule has 1 heterocycles. The molecule has 0 radical (unpaired) electrons. The Morgan fingerprint density at radius 3 is 2.89 bits per heavy atom. The first kappa shape index (κ1) is 12.9. The number of nitrogens with two attached hydrogens (primary N) is 1. The Labute approximate surface area is 110 Å². The Kier molecular flexibility index (Phi) is 3.70. The fourth-order valence-electron chi connectivity index (χ4n) is 1.83. The smallest absolute Gasteiger partial charge is 0.337 e. The number of nitrogens with zero attached hydrogens (tertiary/aromatic N) is 2. The van der Waals surface area contributed by atoms with Gasteiger partial charge in [0, 0.05) is 43.3 Å². The van der Waals surface area contributed by atoms with Crippen LogP contribution < -0.4 is 11.1 Å². The number of aryl methyl sites for hydroxylation is 1. The Morgan fingerprint density at radius 2 is 2.26 bits per heavy atom. The van der Waals surface area contributed by atoms with Crippen molar-refractivity contribution in [3.05, 3.63) is 41.7 Å². The van der Waals surface area contributed by atoms with Gasteiger partial charge in [-0.3, -0.25) is 4.68 Å². The van der Waals surface area contributed by atoms with E-state index >= 15 is 0 Å². The van der Waals surface area contributed by atoms with E-state index in [1.165, 1.54) is 0 Å². The Bertz CT molecular complexity index is 592. The van der Waals surface area contributed by atoms with Crippen molar-refractivity contribution in [2.24, 2.45) is 7.05 Å². The van der Waals surface area contributed by atoms with E-state index in [4.69, 9.17) is 10.8 Å². The fraction of sp³-hybridized carbons (Fsp3) is 0.231. The fourth-order valence-corrected chi connectivity index (χ4v) is 1.83. The molecule has 0 fully saturated rings. The molecule has 0 saturated carbocycles. The van der Waals surface area contributed by atoms with Crippen LogP contribution in [-0.4, -0.2) is 27.4 Å². The lowest BCUT2D eigenvalue weighted by molar-refractivity contribution is 0.0698. The predicted octanol–water partition coefficient (Wildman–Crippen LogP) is 1.36. The van der Waals surface area contributed by atoms with Crippen LogP contribution in [0.5, 0.6) is 0 Å². The molecule has 19 heavy (non-hydrogen) atoms. The van der Waals surface area contributed by atoms with Crippen LogP contribution in [0.1, 0.15) is 16.1 Å². The number of nitrogens with one attached hydrogen (secondary N) is 1. The number of hydrogen-bond donors (Lipinski definition) is 3. The molecular formula is C13H16N4O2. The third-order valence-corrected chi connectivity index (χ3v) is 2.92. The summed E-state index contributed by atoms with van der Waals surface area (Å²) in [4.78, 5) is 11.0. The van der Waals surface area contributed by atoms with E-state index in [2.05, 4.69) is 10.4 Å². The highest BCUT2D eigenvalue weighted by atomic mass is 16.4. The number of aromatic carboxylic acids is 1. The Balaban J connectivity index is 1.98. The molecule has 2 rings (SSSR count). The van der Waals surface area contributed by atoms with E-state index in [1.807, 2.05) is 17.8 Å². The average molecular weight is 260 g/mol. The van der Waals surface area contributed by atoms with Gasteiger partial charge in [-0.15, -0.1) is 0 Å². The molecule has 0 aliphatic heterocycles. The lowest BCUT2D eigenvalue weighted by Crippen LogP contribution is -2.09. The zero-order chi connectivity index (χ0) is 13.8. The van der Waals surface area contributed by atoms with E-state index < -0.39 is 5.97 Å². The van der Waals surface area contributed by atoms with Gasteiger partial charge in [0.2, 0.25) is 0 Å². The summed E-state index contributed by atoms with van der Waals surface area (Å²) in [5, 5.41) is 16.2. The van der Waals surface area contributed by atoms with Gasteiger partial charge in [-0.2, -0.15) is 5.10 Å². The molecule has 0 saturated heterocycles. The molecule has 1 aromatic heterocycles. The third kappa shape index (κ3) is 3.04. The molecule has 6 nitrogen and oxygen atoms in total. The number of carboxylic acids is 1. The van der Waals surface area contributed by atoms with Gasteiger partial charge in [-0.25, -0.2) is 4.79 Å². The highest BCUT2D eigenvalue weighted by molar-refractivity contribution is 5.94. The normalized spacial score (nSPS) is 10.4. The van der Waals surface area contributed by atoms with Gasteiger partial charge >= 0.3 is 5.97 Å². The number of anilines is 2. The molecule has 0 bridgehead atoms. The van der Waals surface area contributed by atoms with E-state index in [0.717, 1.165) is 17.8 Å². The van der Waals surface area contributed by atoms with Crippen molar-refractivity contribution in [2.75, 3.05) is 17.6 Å². The number of rotatable bonds is 5. The number of carboxylic acid groups (broad SMARTS) is 1. The summed E-state index contributed by atoms with van der Waals surface area (Å²) < 4.78 is 1.81. The molecule has 100 valence electrons. The lowest BCUT2D eigenvalue weighted by atomic mass is 10.1. The van der Waals surface area contributed by atoms with E-state index in [1.54, 1.807) is 24.4 Å². The maximum atomic E-state index is 11.0. The topological polar surface area (TPSA) is 93.2 Å². The third-order valence-electron chi connectivity index (χ3n) is 2.92. The molecule has 0 spiro atoms. The zero-order valence-electron chi connectivity index (χ0n) is 10.6. The maximum Gasteiger partial charge on any atom is 0.337 e. The first-order chi connectivity index (χ1) is 9.08. The molecule has 4 N–H and O–H groups in total. The van der Waals surface area contributed by atoms with Crippen molar-refractivity contribution in [2.45, 2.75) is 6.42 Å². The van der Waals surface area contributed by atoms with Gasteiger partial charge in [-0.1, -0.05) is 0 Å². The van der Waals surface area contributed by atoms with Crippen LogP contribution in [-0.2, 0) is 13.5 Å². The summed E-state index contributed by atoms with van der Waals surface area (Å²) in [6.07, 6.45) is 2.56. The summed E-state index contributed by atoms with van der Waals surface area (Å²) in [6, 6.07) is 6.86. The van der Waals surface area contributed by atoms with E-state index in [0.29, 0.717) is 6.54 Å². The molecular weight excluding hydrogens is 244 g/mol. The molecule has 6 heteroatoms. The second-order valence-corrected chi connectivity index (χ2v) is 4.23. The van der Waals surface area contributed by atoms with Gasteiger partial charge in [-0.05, 0) is 24.3 Å². The van der Waals surface area contributed by atoms with E-state index in [-0.39, 0.29) is 11.3 Å². The van der Waals surface area contributed by atoms with Gasteiger partial charge < -0.3 is 16.2 Å². The number of benzene rings is 1. The summed E-state index contributed by atoms with van der Waals surface area (Å²) >= 11 is 0. The number of carbonyl (C=O) groups is 1. The molecule has 0 aliphatic carbocycles. The average Bonchev–Trinajstić information content (AvgIpc) is 2.77. The number of hydrogen-bond acceptors (Lipinski definition) is 4. The highest BCUT2D eigenvalue weighted by Crippen LogP contribution is 2.17. The SMILES string of the molecule is Cn1nccc1CCNc1ccc(N)c(C(=O)O)c1.